The molecule has 266 valence electrons. The number of benzene rings is 9. The molecule has 12 rings (SSSR count). The molecule has 3 nitrogen and oxygen atoms in total. The first kappa shape index (κ1) is 31.7. The summed E-state index contributed by atoms with van der Waals surface area (Å²) in [4.78, 5) is 2.42. The normalized spacial score (nSPS) is 11.9. The SMILES string of the molecule is c1ccc(-c2ccc(N(c3ccc(-c4ccccc4)cc3)c3cc4c5ccccc5n5c6ccccc6n6c7ccccc7c7cccc(c(c3)c45)c76)cc2)cc1. The summed E-state index contributed by atoms with van der Waals surface area (Å²) >= 11 is 0. The van der Waals surface area contributed by atoms with E-state index in [-0.39, 0.29) is 0 Å². The summed E-state index contributed by atoms with van der Waals surface area (Å²) in [6.45, 7) is 0. The van der Waals surface area contributed by atoms with Crippen LogP contribution in [0, 0.1) is 0 Å². The smallest absolute Gasteiger partial charge is 0.0703 e. The first-order valence-electron chi connectivity index (χ1n) is 19.6. The average Bonchev–Trinajstić information content (AvgIpc) is 3.80. The predicted octanol–water partition coefficient (Wildman–Crippen LogP) is 14.8. The zero-order valence-corrected chi connectivity index (χ0v) is 31.0. The van der Waals surface area contributed by atoms with Gasteiger partial charge < -0.3 is 13.7 Å². The first-order valence-corrected chi connectivity index (χ1v) is 19.6. The number of fused-ring (bicyclic) bond motifs is 10. The maximum Gasteiger partial charge on any atom is 0.0703 e. The average molecular weight is 726 g/mol. The van der Waals surface area contributed by atoms with Crippen LogP contribution < -0.4 is 4.90 Å². The molecular formula is C54H35N3. The van der Waals surface area contributed by atoms with Crippen molar-refractivity contribution in [1.29, 1.82) is 0 Å². The Kier molecular flexibility index (Phi) is 6.93. The Morgan fingerprint density at radius 3 is 1.11 bits per heavy atom. The van der Waals surface area contributed by atoms with Gasteiger partial charge in [0.25, 0.3) is 0 Å². The molecule has 0 bridgehead atoms. The van der Waals surface area contributed by atoms with Gasteiger partial charge in [-0.05, 0) is 82.9 Å². The minimum atomic E-state index is 1.10. The van der Waals surface area contributed by atoms with Gasteiger partial charge in [0.2, 0.25) is 0 Å². The van der Waals surface area contributed by atoms with Gasteiger partial charge in [0.15, 0.2) is 0 Å². The van der Waals surface area contributed by atoms with Gasteiger partial charge in [-0.1, -0.05) is 152 Å². The second-order valence-corrected chi connectivity index (χ2v) is 14.9. The van der Waals surface area contributed by atoms with E-state index in [1.807, 2.05) is 0 Å². The van der Waals surface area contributed by atoms with Crippen molar-refractivity contribution < 1.29 is 0 Å². The van der Waals surface area contributed by atoms with Crippen LogP contribution in [0.15, 0.2) is 212 Å². The van der Waals surface area contributed by atoms with Crippen molar-refractivity contribution >= 4 is 82.5 Å². The molecule has 3 heterocycles. The molecular weight excluding hydrogens is 691 g/mol. The Morgan fingerprint density at radius 1 is 0.246 bits per heavy atom. The summed E-state index contributed by atoms with van der Waals surface area (Å²) in [6.07, 6.45) is 0. The van der Waals surface area contributed by atoms with Crippen LogP contribution in [0.4, 0.5) is 17.1 Å². The van der Waals surface area contributed by atoms with Crippen LogP contribution in [0.1, 0.15) is 0 Å². The van der Waals surface area contributed by atoms with Crippen molar-refractivity contribution in [3.8, 4) is 22.3 Å². The lowest BCUT2D eigenvalue weighted by Crippen LogP contribution is -2.10. The van der Waals surface area contributed by atoms with Crippen molar-refractivity contribution in [1.82, 2.24) is 8.80 Å². The van der Waals surface area contributed by atoms with Crippen LogP contribution >= 0.6 is 0 Å². The van der Waals surface area contributed by atoms with Crippen molar-refractivity contribution in [3.05, 3.63) is 212 Å². The standard InChI is InChI=1S/C54H35N3/c1-3-14-36(15-4-1)38-26-30-40(31-27-38)55(41-32-28-39(29-33-41)37-16-5-2-6-17-37)42-34-47-44-19-8-10-23-50(44)57-52-25-12-11-24-51(52)56-49-22-9-7-18-43(49)45-20-13-21-46(53(45)56)48(35-42)54(47)57/h1-35H. The maximum absolute atomic E-state index is 2.50. The van der Waals surface area contributed by atoms with E-state index >= 15 is 0 Å². The molecule has 0 saturated carbocycles. The molecule has 0 aliphatic heterocycles. The van der Waals surface area contributed by atoms with Gasteiger partial charge in [-0.15, -0.1) is 0 Å². The highest BCUT2D eigenvalue weighted by Gasteiger charge is 2.22. The lowest BCUT2D eigenvalue weighted by atomic mass is 10.0. The number of para-hydroxylation sites is 5. The number of rotatable bonds is 5. The third-order valence-corrected chi connectivity index (χ3v) is 11.8. The van der Waals surface area contributed by atoms with E-state index in [4.69, 9.17) is 0 Å². The van der Waals surface area contributed by atoms with E-state index in [2.05, 4.69) is 226 Å². The molecule has 0 radical (unpaired) electrons. The molecule has 0 unspecified atom stereocenters. The van der Waals surface area contributed by atoms with E-state index < -0.39 is 0 Å². The monoisotopic (exact) mass is 725 g/mol. The van der Waals surface area contributed by atoms with Crippen molar-refractivity contribution in [2.24, 2.45) is 0 Å². The molecule has 0 saturated heterocycles. The molecule has 0 N–H and O–H groups in total. The minimum absolute atomic E-state index is 1.10. The molecule has 0 atom stereocenters. The molecule has 0 aliphatic carbocycles. The van der Waals surface area contributed by atoms with E-state index in [1.54, 1.807) is 0 Å². The van der Waals surface area contributed by atoms with E-state index in [1.165, 1.54) is 87.7 Å². The highest BCUT2D eigenvalue weighted by atomic mass is 15.1. The molecule has 3 heteroatoms. The van der Waals surface area contributed by atoms with Gasteiger partial charge in [0.1, 0.15) is 0 Å². The van der Waals surface area contributed by atoms with Crippen LogP contribution in [-0.2, 0) is 0 Å². The summed E-state index contributed by atoms with van der Waals surface area (Å²) < 4.78 is 5.00. The topological polar surface area (TPSA) is 12.1 Å². The van der Waals surface area contributed by atoms with Gasteiger partial charge in [0, 0.05) is 49.4 Å². The largest absolute Gasteiger partial charge is 0.310 e. The Morgan fingerprint density at radius 2 is 0.596 bits per heavy atom. The molecule has 3 aromatic heterocycles. The molecule has 12 aromatic rings. The zero-order chi connectivity index (χ0) is 37.5. The van der Waals surface area contributed by atoms with Crippen molar-refractivity contribution in [2.75, 3.05) is 4.90 Å². The van der Waals surface area contributed by atoms with Gasteiger partial charge >= 0.3 is 0 Å². The summed E-state index contributed by atoms with van der Waals surface area (Å²) in [5, 5.41) is 7.38. The van der Waals surface area contributed by atoms with E-state index in [0.29, 0.717) is 0 Å². The summed E-state index contributed by atoms with van der Waals surface area (Å²) in [5.74, 6) is 0. The minimum Gasteiger partial charge on any atom is -0.310 e. The Bertz CT molecular complexity index is 3400. The van der Waals surface area contributed by atoms with Crippen molar-refractivity contribution in [3.63, 3.8) is 0 Å². The maximum atomic E-state index is 2.50. The van der Waals surface area contributed by atoms with Crippen LogP contribution in [0.2, 0.25) is 0 Å². The first-order chi connectivity index (χ1) is 28.3. The second kappa shape index (κ2) is 12.5. The molecule has 0 fully saturated rings. The number of hydrogen-bond donors (Lipinski definition) is 0. The highest BCUT2D eigenvalue weighted by Crippen LogP contribution is 2.45. The number of hydrogen-bond acceptors (Lipinski definition) is 1. The van der Waals surface area contributed by atoms with Crippen LogP contribution in [0.25, 0.3) is 87.7 Å². The Hall–Kier alpha value is -7.62. The predicted molar refractivity (Wildman–Crippen MR) is 241 cm³/mol. The molecule has 57 heavy (non-hydrogen) atoms. The lowest BCUT2D eigenvalue weighted by Gasteiger charge is -2.26. The summed E-state index contributed by atoms with van der Waals surface area (Å²) in [5.41, 5.74) is 15.3. The third-order valence-electron chi connectivity index (χ3n) is 11.8. The van der Waals surface area contributed by atoms with Gasteiger partial charge in [0.05, 0.1) is 33.1 Å². The van der Waals surface area contributed by atoms with Gasteiger partial charge in [-0.25, -0.2) is 0 Å². The van der Waals surface area contributed by atoms with E-state index in [9.17, 15) is 0 Å². The van der Waals surface area contributed by atoms with E-state index in [0.717, 1.165) is 17.1 Å². The Labute approximate surface area is 329 Å². The summed E-state index contributed by atoms with van der Waals surface area (Å²) in [7, 11) is 0. The fourth-order valence-electron chi connectivity index (χ4n) is 9.31. The Balaban J connectivity index is 1.22. The van der Waals surface area contributed by atoms with Crippen LogP contribution in [-0.4, -0.2) is 8.80 Å². The molecule has 0 spiro atoms. The van der Waals surface area contributed by atoms with Gasteiger partial charge in [-0.2, -0.15) is 0 Å². The number of anilines is 3. The molecule has 0 aliphatic rings. The fourth-order valence-corrected chi connectivity index (χ4v) is 9.31. The molecule has 9 aromatic carbocycles. The fraction of sp³-hybridized carbons (Fsp3) is 0. The van der Waals surface area contributed by atoms with Gasteiger partial charge in [-0.3, -0.25) is 0 Å². The third kappa shape index (κ3) is 4.79. The summed E-state index contributed by atoms with van der Waals surface area (Å²) in [6, 6.07) is 77.6. The lowest BCUT2D eigenvalue weighted by molar-refractivity contribution is 1.28. The molecule has 0 amide bonds. The van der Waals surface area contributed by atoms with Crippen molar-refractivity contribution in [2.45, 2.75) is 0 Å². The quantitative estimate of drug-likeness (QED) is 0.172. The number of nitrogens with zero attached hydrogens (tertiary/aromatic N) is 3. The zero-order valence-electron chi connectivity index (χ0n) is 31.0. The second-order valence-electron chi connectivity index (χ2n) is 14.9. The number of aromatic nitrogens is 2. The highest BCUT2D eigenvalue weighted by molar-refractivity contribution is 6.26. The van der Waals surface area contributed by atoms with Crippen LogP contribution in [0.3, 0.4) is 0 Å². The van der Waals surface area contributed by atoms with Crippen LogP contribution in [0.5, 0.6) is 0 Å².